The summed E-state index contributed by atoms with van der Waals surface area (Å²) in [6.45, 7) is 4.84. The second kappa shape index (κ2) is 8.64. The predicted octanol–water partition coefficient (Wildman–Crippen LogP) is 5.61. The van der Waals surface area contributed by atoms with E-state index < -0.39 is 0 Å². The molecule has 2 atom stereocenters. The zero-order chi connectivity index (χ0) is 20.2. The molecule has 0 bridgehead atoms. The average molecular weight is 389 g/mol. The minimum atomic E-state index is -0.00506. The van der Waals surface area contributed by atoms with E-state index in [2.05, 4.69) is 12.2 Å². The molecule has 0 saturated heterocycles. The molecule has 2 aromatic carbocycles. The zero-order valence-corrected chi connectivity index (χ0v) is 17.2. The van der Waals surface area contributed by atoms with Gasteiger partial charge in [0.1, 0.15) is 5.75 Å². The summed E-state index contributed by atoms with van der Waals surface area (Å²) in [7, 11) is 0. The Balaban J connectivity index is 1.69. The van der Waals surface area contributed by atoms with Gasteiger partial charge in [0.2, 0.25) is 0 Å². The Hall–Kier alpha value is -2.88. The third-order valence-electron chi connectivity index (χ3n) is 5.85. The zero-order valence-electron chi connectivity index (χ0n) is 17.2. The summed E-state index contributed by atoms with van der Waals surface area (Å²) < 4.78 is 5.54. The predicted molar refractivity (Wildman–Crippen MR) is 117 cm³/mol. The normalized spacial score (nSPS) is 19.1. The number of fused-ring (bicyclic) bond motifs is 1. The molecule has 29 heavy (non-hydrogen) atoms. The standard InChI is InChI=1S/C25H28N2O2/c1-3-29-19-14-12-18(13-15-19)24-16-21(20-9-5-7-11-23(20)26-24)25(28)27-22-10-6-4-8-17(22)2/h5,7,9,11-17,22H,3-4,6,8,10H2,1-2H3,(H,27,28)/t17-,22+/m0/s1. The van der Waals surface area contributed by atoms with Crippen molar-refractivity contribution < 1.29 is 9.53 Å². The maximum Gasteiger partial charge on any atom is 0.252 e. The number of ether oxygens (including phenoxy) is 1. The fraction of sp³-hybridized carbons (Fsp3) is 0.360. The smallest absolute Gasteiger partial charge is 0.252 e. The van der Waals surface area contributed by atoms with Crippen LogP contribution >= 0.6 is 0 Å². The second-order valence-electron chi connectivity index (χ2n) is 7.87. The minimum Gasteiger partial charge on any atom is -0.494 e. The topological polar surface area (TPSA) is 51.2 Å². The highest BCUT2D eigenvalue weighted by Gasteiger charge is 2.24. The number of hydrogen-bond donors (Lipinski definition) is 1. The molecule has 1 fully saturated rings. The van der Waals surface area contributed by atoms with Gasteiger partial charge in [-0.15, -0.1) is 0 Å². The molecule has 150 valence electrons. The highest BCUT2D eigenvalue weighted by molar-refractivity contribution is 6.07. The molecule has 0 spiro atoms. The molecule has 1 amide bonds. The second-order valence-corrected chi connectivity index (χ2v) is 7.87. The van der Waals surface area contributed by atoms with Crippen LogP contribution in [0.4, 0.5) is 0 Å². The van der Waals surface area contributed by atoms with Crippen molar-refractivity contribution in [3.05, 3.63) is 60.2 Å². The van der Waals surface area contributed by atoms with Crippen LogP contribution in [-0.4, -0.2) is 23.5 Å². The van der Waals surface area contributed by atoms with E-state index in [1.165, 1.54) is 19.3 Å². The van der Waals surface area contributed by atoms with Gasteiger partial charge in [-0.05, 0) is 62.1 Å². The van der Waals surface area contributed by atoms with Crippen LogP contribution in [0.3, 0.4) is 0 Å². The number of benzene rings is 2. The maximum atomic E-state index is 13.2. The Morgan fingerprint density at radius 3 is 2.62 bits per heavy atom. The lowest BCUT2D eigenvalue weighted by atomic mass is 9.85. The molecule has 1 heterocycles. The van der Waals surface area contributed by atoms with Gasteiger partial charge in [0.25, 0.3) is 5.91 Å². The molecule has 0 radical (unpaired) electrons. The molecule has 4 heteroatoms. The summed E-state index contributed by atoms with van der Waals surface area (Å²) in [6, 6.07) is 17.9. The fourth-order valence-electron chi connectivity index (χ4n) is 4.18. The lowest BCUT2D eigenvalue weighted by Crippen LogP contribution is -2.41. The van der Waals surface area contributed by atoms with E-state index in [0.717, 1.165) is 34.3 Å². The van der Waals surface area contributed by atoms with Crippen molar-refractivity contribution in [2.75, 3.05) is 6.61 Å². The number of carbonyl (C=O) groups excluding carboxylic acids is 1. The van der Waals surface area contributed by atoms with Gasteiger partial charge in [0, 0.05) is 17.0 Å². The number of pyridine rings is 1. The van der Waals surface area contributed by atoms with Crippen molar-refractivity contribution in [2.45, 2.75) is 45.6 Å². The molecule has 1 aliphatic rings. The highest BCUT2D eigenvalue weighted by Crippen LogP contribution is 2.28. The molecule has 4 rings (SSSR count). The molecule has 0 aliphatic heterocycles. The minimum absolute atomic E-state index is 0.00506. The molecule has 1 aromatic heterocycles. The first-order valence-corrected chi connectivity index (χ1v) is 10.6. The molecule has 4 nitrogen and oxygen atoms in total. The van der Waals surface area contributed by atoms with Crippen LogP contribution in [0.1, 0.15) is 49.9 Å². The first-order chi connectivity index (χ1) is 14.2. The van der Waals surface area contributed by atoms with Crippen molar-refractivity contribution in [3.8, 4) is 17.0 Å². The first-order valence-electron chi connectivity index (χ1n) is 10.6. The van der Waals surface area contributed by atoms with Gasteiger partial charge >= 0.3 is 0 Å². The van der Waals surface area contributed by atoms with Crippen LogP contribution in [0.5, 0.6) is 5.75 Å². The SMILES string of the molecule is CCOc1ccc(-c2cc(C(=O)N[C@@H]3CCCC[C@@H]3C)c3ccccc3n2)cc1. The van der Waals surface area contributed by atoms with Gasteiger partial charge in [0.05, 0.1) is 23.4 Å². The highest BCUT2D eigenvalue weighted by atomic mass is 16.5. The van der Waals surface area contributed by atoms with Crippen molar-refractivity contribution in [1.82, 2.24) is 10.3 Å². The van der Waals surface area contributed by atoms with Gasteiger partial charge in [-0.3, -0.25) is 4.79 Å². The Bertz CT molecular complexity index is 997. The number of nitrogens with zero attached hydrogens (tertiary/aromatic N) is 1. The first kappa shape index (κ1) is 19.4. The van der Waals surface area contributed by atoms with E-state index in [1.807, 2.05) is 61.5 Å². The Morgan fingerprint density at radius 1 is 1.10 bits per heavy atom. The molecular formula is C25H28N2O2. The monoisotopic (exact) mass is 388 g/mol. The van der Waals surface area contributed by atoms with E-state index in [0.29, 0.717) is 18.1 Å². The van der Waals surface area contributed by atoms with E-state index >= 15 is 0 Å². The lowest BCUT2D eigenvalue weighted by Gasteiger charge is -2.29. The van der Waals surface area contributed by atoms with Crippen LogP contribution < -0.4 is 10.1 Å². The number of hydrogen-bond acceptors (Lipinski definition) is 3. The number of nitrogens with one attached hydrogen (secondary N) is 1. The van der Waals surface area contributed by atoms with Crippen molar-refractivity contribution in [2.24, 2.45) is 5.92 Å². The summed E-state index contributed by atoms with van der Waals surface area (Å²) in [6.07, 6.45) is 4.68. The summed E-state index contributed by atoms with van der Waals surface area (Å²) in [4.78, 5) is 18.0. The largest absolute Gasteiger partial charge is 0.494 e. The van der Waals surface area contributed by atoms with Crippen LogP contribution in [0.2, 0.25) is 0 Å². The Labute approximate surface area is 172 Å². The summed E-state index contributed by atoms with van der Waals surface area (Å²) in [5, 5.41) is 4.19. The van der Waals surface area contributed by atoms with E-state index in [-0.39, 0.29) is 11.9 Å². The van der Waals surface area contributed by atoms with Gasteiger partial charge in [-0.2, -0.15) is 0 Å². The molecule has 3 aromatic rings. The van der Waals surface area contributed by atoms with E-state index in [4.69, 9.17) is 9.72 Å². The number of amides is 1. The van der Waals surface area contributed by atoms with Gasteiger partial charge in [0.15, 0.2) is 0 Å². The quantitative estimate of drug-likeness (QED) is 0.618. The maximum absolute atomic E-state index is 13.2. The van der Waals surface area contributed by atoms with Crippen LogP contribution in [0.25, 0.3) is 22.2 Å². The molecule has 1 saturated carbocycles. The number of carbonyl (C=O) groups is 1. The fourth-order valence-corrected chi connectivity index (χ4v) is 4.18. The number of rotatable bonds is 5. The Morgan fingerprint density at radius 2 is 1.86 bits per heavy atom. The summed E-state index contributed by atoms with van der Waals surface area (Å²) in [5.74, 6) is 1.35. The number of para-hydroxylation sites is 1. The molecule has 0 unspecified atom stereocenters. The third-order valence-corrected chi connectivity index (χ3v) is 5.85. The van der Waals surface area contributed by atoms with Gasteiger partial charge in [-0.1, -0.05) is 38.0 Å². The van der Waals surface area contributed by atoms with Crippen molar-refractivity contribution in [3.63, 3.8) is 0 Å². The average Bonchev–Trinajstić information content (AvgIpc) is 2.75. The summed E-state index contributed by atoms with van der Waals surface area (Å²) in [5.41, 5.74) is 3.30. The Kier molecular flexibility index (Phi) is 5.79. The third kappa shape index (κ3) is 4.26. The summed E-state index contributed by atoms with van der Waals surface area (Å²) >= 11 is 0. The van der Waals surface area contributed by atoms with Crippen molar-refractivity contribution >= 4 is 16.8 Å². The van der Waals surface area contributed by atoms with Crippen LogP contribution in [0, 0.1) is 5.92 Å². The van der Waals surface area contributed by atoms with Gasteiger partial charge in [-0.25, -0.2) is 4.98 Å². The van der Waals surface area contributed by atoms with E-state index in [1.54, 1.807) is 0 Å². The van der Waals surface area contributed by atoms with Crippen molar-refractivity contribution in [1.29, 1.82) is 0 Å². The lowest BCUT2D eigenvalue weighted by molar-refractivity contribution is 0.0912. The van der Waals surface area contributed by atoms with Gasteiger partial charge < -0.3 is 10.1 Å². The molecule has 1 aliphatic carbocycles. The molecular weight excluding hydrogens is 360 g/mol. The number of aromatic nitrogens is 1. The van der Waals surface area contributed by atoms with Crippen LogP contribution in [0.15, 0.2) is 54.6 Å². The van der Waals surface area contributed by atoms with Crippen LogP contribution in [-0.2, 0) is 0 Å². The van der Waals surface area contributed by atoms with E-state index in [9.17, 15) is 4.79 Å². The molecule has 1 N–H and O–H groups in total.